The van der Waals surface area contributed by atoms with E-state index in [0.29, 0.717) is 18.7 Å². The normalized spacial score (nSPS) is 11.2. The van der Waals surface area contributed by atoms with Crippen LogP contribution in [0.3, 0.4) is 0 Å². The number of hydrogen-bond acceptors (Lipinski definition) is 2. The Bertz CT molecular complexity index is 552. The van der Waals surface area contributed by atoms with Gasteiger partial charge in [0.2, 0.25) is 0 Å². The van der Waals surface area contributed by atoms with Crippen molar-refractivity contribution in [3.05, 3.63) is 47.5 Å². The van der Waals surface area contributed by atoms with Gasteiger partial charge in [-0.3, -0.25) is 0 Å². The number of aromatic nitrogens is 2. The molecule has 0 radical (unpaired) electrons. The first-order valence-corrected chi connectivity index (χ1v) is 5.95. The van der Waals surface area contributed by atoms with Crippen LogP contribution < -0.4 is 5.32 Å². The predicted molar refractivity (Wildman–Crippen MR) is 65.9 cm³/mol. The minimum absolute atomic E-state index is 0.202. The molecule has 0 aliphatic carbocycles. The van der Waals surface area contributed by atoms with Crippen LogP contribution in [0.25, 0.3) is 5.69 Å². The van der Waals surface area contributed by atoms with E-state index in [4.69, 9.17) is 0 Å². The van der Waals surface area contributed by atoms with Crippen molar-refractivity contribution in [2.45, 2.75) is 19.9 Å². The summed E-state index contributed by atoms with van der Waals surface area (Å²) in [7, 11) is 0. The van der Waals surface area contributed by atoms with E-state index in [1.807, 2.05) is 6.92 Å². The molecule has 0 unspecified atom stereocenters. The maximum Gasteiger partial charge on any atom is 0.280 e. The van der Waals surface area contributed by atoms with Crippen molar-refractivity contribution < 1.29 is 13.2 Å². The zero-order valence-electron chi connectivity index (χ0n) is 10.4. The monoisotopic (exact) mass is 269 g/mol. The van der Waals surface area contributed by atoms with Crippen molar-refractivity contribution in [1.29, 1.82) is 0 Å². The lowest BCUT2D eigenvalue weighted by Gasteiger charge is -2.09. The second-order valence-electron chi connectivity index (χ2n) is 4.03. The Hall–Kier alpha value is -1.82. The van der Waals surface area contributed by atoms with Gasteiger partial charge >= 0.3 is 0 Å². The van der Waals surface area contributed by atoms with Crippen molar-refractivity contribution in [3.63, 3.8) is 0 Å². The van der Waals surface area contributed by atoms with E-state index < -0.39 is 12.2 Å². The number of rotatable bonds is 5. The van der Waals surface area contributed by atoms with Gasteiger partial charge in [-0.25, -0.2) is 17.9 Å². The first-order valence-electron chi connectivity index (χ1n) is 5.95. The van der Waals surface area contributed by atoms with Crippen LogP contribution in [0.15, 0.2) is 30.5 Å². The van der Waals surface area contributed by atoms with Gasteiger partial charge in [-0.2, -0.15) is 5.10 Å². The third-order valence-electron chi connectivity index (χ3n) is 2.71. The molecule has 1 heterocycles. The Morgan fingerprint density at radius 3 is 2.79 bits per heavy atom. The second-order valence-corrected chi connectivity index (χ2v) is 4.03. The molecule has 6 heteroatoms. The molecular formula is C13H14F3N3. The van der Waals surface area contributed by atoms with Gasteiger partial charge in [-0.15, -0.1) is 0 Å². The zero-order valence-corrected chi connectivity index (χ0v) is 10.4. The fourth-order valence-electron chi connectivity index (χ4n) is 1.83. The highest BCUT2D eigenvalue weighted by Crippen LogP contribution is 2.25. The van der Waals surface area contributed by atoms with Crippen LogP contribution in [0.1, 0.15) is 24.6 Å². The van der Waals surface area contributed by atoms with Crippen LogP contribution in [-0.4, -0.2) is 16.3 Å². The predicted octanol–water partition coefficient (Wildman–Crippen LogP) is 3.06. The molecular weight excluding hydrogens is 255 g/mol. The van der Waals surface area contributed by atoms with Crippen LogP contribution in [0.2, 0.25) is 0 Å². The summed E-state index contributed by atoms with van der Waals surface area (Å²) >= 11 is 0. The lowest BCUT2D eigenvalue weighted by molar-refractivity contribution is 0.141. The maximum absolute atomic E-state index is 13.2. The molecule has 0 atom stereocenters. The van der Waals surface area contributed by atoms with Crippen molar-refractivity contribution in [2.75, 3.05) is 6.54 Å². The third-order valence-corrected chi connectivity index (χ3v) is 2.71. The fraction of sp³-hybridized carbons (Fsp3) is 0.308. The number of hydrogen-bond donors (Lipinski definition) is 1. The highest BCUT2D eigenvalue weighted by Gasteiger charge is 2.20. The molecule has 0 spiro atoms. The van der Waals surface area contributed by atoms with E-state index in [1.54, 1.807) is 6.07 Å². The number of benzene rings is 1. The molecule has 102 valence electrons. The summed E-state index contributed by atoms with van der Waals surface area (Å²) in [5.41, 5.74) is 0.505. The molecule has 0 bridgehead atoms. The van der Waals surface area contributed by atoms with E-state index in [1.165, 1.54) is 24.4 Å². The average molecular weight is 269 g/mol. The first-order chi connectivity index (χ1) is 9.13. The number of halogens is 3. The smallest absolute Gasteiger partial charge is 0.280 e. The van der Waals surface area contributed by atoms with Gasteiger partial charge in [0.05, 0.1) is 11.9 Å². The summed E-state index contributed by atoms with van der Waals surface area (Å²) < 4.78 is 40.5. The number of nitrogens with one attached hydrogen (secondary N) is 1. The van der Waals surface area contributed by atoms with Crippen LogP contribution >= 0.6 is 0 Å². The van der Waals surface area contributed by atoms with Gasteiger partial charge in [0.1, 0.15) is 11.5 Å². The summed E-state index contributed by atoms with van der Waals surface area (Å²) in [6.45, 7) is 2.87. The first kappa shape index (κ1) is 13.6. The lowest BCUT2D eigenvalue weighted by atomic mass is 10.2. The van der Waals surface area contributed by atoms with Gasteiger partial charge in [-0.1, -0.05) is 13.0 Å². The van der Waals surface area contributed by atoms with E-state index in [-0.39, 0.29) is 11.4 Å². The van der Waals surface area contributed by atoms with Crippen LogP contribution in [-0.2, 0) is 6.54 Å². The number of alkyl halides is 2. The average Bonchev–Trinajstić information content (AvgIpc) is 2.80. The summed E-state index contributed by atoms with van der Waals surface area (Å²) in [4.78, 5) is 0. The summed E-state index contributed by atoms with van der Waals surface area (Å²) in [6.07, 6.45) is -1.28. The molecule has 0 amide bonds. The minimum atomic E-state index is -2.67. The Labute approximate surface area is 109 Å². The Balaban J connectivity index is 2.43. The second kappa shape index (κ2) is 5.88. The Morgan fingerprint density at radius 1 is 1.37 bits per heavy atom. The SMILES string of the molecule is CCNCc1cnn(-c2cccc(F)c2)c1C(F)F. The summed E-state index contributed by atoms with van der Waals surface area (Å²) in [5, 5.41) is 6.91. The quantitative estimate of drug-likeness (QED) is 0.904. The highest BCUT2D eigenvalue weighted by molar-refractivity contribution is 5.36. The largest absolute Gasteiger partial charge is 0.313 e. The van der Waals surface area contributed by atoms with Gasteiger partial charge in [0, 0.05) is 12.1 Å². The molecule has 1 N–H and O–H groups in total. The highest BCUT2D eigenvalue weighted by atomic mass is 19.3. The molecule has 2 rings (SSSR count). The van der Waals surface area contributed by atoms with Gasteiger partial charge < -0.3 is 5.32 Å². The van der Waals surface area contributed by atoms with Crippen LogP contribution in [0.4, 0.5) is 13.2 Å². The van der Waals surface area contributed by atoms with Gasteiger partial charge in [0.15, 0.2) is 0 Å². The molecule has 1 aromatic heterocycles. The molecule has 0 saturated carbocycles. The van der Waals surface area contributed by atoms with Crippen molar-refractivity contribution in [3.8, 4) is 5.69 Å². The van der Waals surface area contributed by atoms with E-state index >= 15 is 0 Å². The standard InChI is InChI=1S/C13H14F3N3/c1-2-17-7-9-8-18-19(12(9)13(15)16)11-5-3-4-10(14)6-11/h3-6,8,13,17H,2,7H2,1H3. The van der Waals surface area contributed by atoms with Gasteiger partial charge in [0.25, 0.3) is 6.43 Å². The molecule has 19 heavy (non-hydrogen) atoms. The van der Waals surface area contributed by atoms with Crippen LogP contribution in [0.5, 0.6) is 0 Å². The third kappa shape index (κ3) is 2.96. The fourth-order valence-corrected chi connectivity index (χ4v) is 1.83. The molecule has 2 aromatic rings. The minimum Gasteiger partial charge on any atom is -0.313 e. The molecule has 0 aliphatic heterocycles. The molecule has 0 fully saturated rings. The zero-order chi connectivity index (χ0) is 13.8. The molecule has 0 aliphatic rings. The van der Waals surface area contributed by atoms with E-state index in [0.717, 1.165) is 4.68 Å². The van der Waals surface area contributed by atoms with Crippen molar-refractivity contribution in [1.82, 2.24) is 15.1 Å². The van der Waals surface area contributed by atoms with E-state index in [9.17, 15) is 13.2 Å². The van der Waals surface area contributed by atoms with Crippen molar-refractivity contribution >= 4 is 0 Å². The number of nitrogens with zero attached hydrogens (tertiary/aromatic N) is 2. The van der Waals surface area contributed by atoms with Crippen molar-refractivity contribution in [2.24, 2.45) is 0 Å². The van der Waals surface area contributed by atoms with Gasteiger partial charge in [-0.05, 0) is 24.7 Å². The molecule has 1 aromatic carbocycles. The summed E-state index contributed by atoms with van der Waals surface area (Å²) in [6, 6.07) is 5.44. The van der Waals surface area contributed by atoms with Crippen LogP contribution in [0, 0.1) is 5.82 Å². The topological polar surface area (TPSA) is 29.9 Å². The summed E-state index contributed by atoms with van der Waals surface area (Å²) in [5.74, 6) is -0.485. The Kier molecular flexibility index (Phi) is 4.21. The van der Waals surface area contributed by atoms with E-state index in [2.05, 4.69) is 10.4 Å². The Morgan fingerprint density at radius 2 is 2.16 bits per heavy atom. The maximum atomic E-state index is 13.2. The lowest BCUT2D eigenvalue weighted by Crippen LogP contribution is -2.13. The molecule has 3 nitrogen and oxygen atoms in total. The molecule has 0 saturated heterocycles.